The van der Waals surface area contributed by atoms with Crippen LogP contribution >= 0.6 is 11.6 Å². The maximum atomic E-state index is 6.19. The van der Waals surface area contributed by atoms with Crippen LogP contribution in [0.3, 0.4) is 0 Å². The predicted molar refractivity (Wildman–Crippen MR) is 83.0 cm³/mol. The third-order valence-electron chi connectivity index (χ3n) is 3.09. The van der Waals surface area contributed by atoms with E-state index < -0.39 is 0 Å². The Labute approximate surface area is 122 Å². The topological polar surface area (TPSA) is 12.5 Å². The Kier molecular flexibility index (Phi) is 7.44. The quantitative estimate of drug-likeness (QED) is 0.806. The fourth-order valence-electron chi connectivity index (χ4n) is 2.05. The molecule has 1 aliphatic heterocycles. The van der Waals surface area contributed by atoms with Gasteiger partial charge in [-0.05, 0) is 36.6 Å². The summed E-state index contributed by atoms with van der Waals surface area (Å²) < 4.78 is 5.35. The molecule has 0 aromatic heterocycles. The van der Waals surface area contributed by atoms with Crippen molar-refractivity contribution in [1.29, 1.82) is 0 Å². The van der Waals surface area contributed by atoms with Gasteiger partial charge in [0.25, 0.3) is 0 Å². The average molecular weight is 284 g/mol. The van der Waals surface area contributed by atoms with Gasteiger partial charge in [0.15, 0.2) is 0 Å². The molecule has 0 aliphatic carbocycles. The molecule has 0 bridgehead atoms. The summed E-state index contributed by atoms with van der Waals surface area (Å²) >= 11 is 6.19. The van der Waals surface area contributed by atoms with Gasteiger partial charge in [-0.25, -0.2) is 0 Å². The van der Waals surface area contributed by atoms with Crippen molar-refractivity contribution in [3.63, 3.8) is 0 Å². The van der Waals surface area contributed by atoms with Gasteiger partial charge in [-0.1, -0.05) is 37.9 Å². The normalized spacial score (nSPS) is 15.8. The van der Waals surface area contributed by atoms with E-state index in [1.165, 1.54) is 23.1 Å². The first-order valence-electron chi connectivity index (χ1n) is 7.14. The molecule has 0 atom stereocenters. The van der Waals surface area contributed by atoms with E-state index in [9.17, 15) is 0 Å². The Balaban J connectivity index is 0.000000550. The molecule has 1 fully saturated rings. The van der Waals surface area contributed by atoms with Crippen molar-refractivity contribution in [2.45, 2.75) is 40.7 Å². The summed E-state index contributed by atoms with van der Waals surface area (Å²) in [5, 5.41) is 0.878. The van der Waals surface area contributed by atoms with Gasteiger partial charge >= 0.3 is 0 Å². The molecule has 0 unspecified atom stereocenters. The second kappa shape index (κ2) is 8.57. The van der Waals surface area contributed by atoms with Gasteiger partial charge in [0.05, 0.1) is 13.2 Å². The van der Waals surface area contributed by atoms with Crippen LogP contribution in [0.4, 0.5) is 0 Å². The molecule has 0 saturated carbocycles. The van der Waals surface area contributed by atoms with E-state index in [0.29, 0.717) is 0 Å². The molecule has 1 heterocycles. The van der Waals surface area contributed by atoms with Crippen LogP contribution in [0.5, 0.6) is 0 Å². The highest BCUT2D eigenvalue weighted by Crippen LogP contribution is 2.22. The molecule has 1 aliphatic rings. The summed E-state index contributed by atoms with van der Waals surface area (Å²) in [6.45, 7) is 13.1. The van der Waals surface area contributed by atoms with Crippen LogP contribution < -0.4 is 0 Å². The van der Waals surface area contributed by atoms with E-state index in [1.54, 1.807) is 0 Å². The van der Waals surface area contributed by atoms with Crippen molar-refractivity contribution in [3.8, 4) is 0 Å². The second-order valence-electron chi connectivity index (χ2n) is 5.13. The van der Waals surface area contributed by atoms with E-state index >= 15 is 0 Å². The molecule has 0 radical (unpaired) electrons. The largest absolute Gasteiger partial charge is 0.379 e. The molecule has 0 N–H and O–H groups in total. The summed E-state index contributed by atoms with van der Waals surface area (Å²) in [7, 11) is 0. The summed E-state index contributed by atoms with van der Waals surface area (Å²) in [5.41, 5.74) is 3.78. The molecular weight excluding hydrogens is 258 g/mol. The fourth-order valence-corrected chi connectivity index (χ4v) is 2.34. The lowest BCUT2D eigenvalue weighted by Gasteiger charge is -2.27. The molecule has 1 aromatic carbocycles. The Morgan fingerprint density at radius 1 is 1.16 bits per heavy atom. The number of ether oxygens (including phenoxy) is 1. The SMILES string of the molecule is CCC.Cc1cc(Cl)c(C)c(CN2CCOCC2)c1. The molecule has 2 nitrogen and oxygen atoms in total. The first-order valence-corrected chi connectivity index (χ1v) is 7.52. The van der Waals surface area contributed by atoms with E-state index in [0.717, 1.165) is 37.9 Å². The Hall–Kier alpha value is -0.570. The van der Waals surface area contributed by atoms with Crippen LogP contribution in [0.1, 0.15) is 37.0 Å². The minimum absolute atomic E-state index is 0.846. The average Bonchev–Trinajstić information content (AvgIpc) is 2.37. The van der Waals surface area contributed by atoms with E-state index in [1.807, 2.05) is 6.07 Å². The lowest BCUT2D eigenvalue weighted by atomic mass is 10.0. The minimum atomic E-state index is 0.846. The van der Waals surface area contributed by atoms with Crippen molar-refractivity contribution in [1.82, 2.24) is 4.90 Å². The molecule has 3 heteroatoms. The summed E-state index contributed by atoms with van der Waals surface area (Å²) in [4.78, 5) is 2.42. The zero-order chi connectivity index (χ0) is 14.3. The zero-order valence-electron chi connectivity index (χ0n) is 12.6. The van der Waals surface area contributed by atoms with Gasteiger partial charge in [-0.3, -0.25) is 4.90 Å². The summed E-state index contributed by atoms with van der Waals surface area (Å²) in [5.74, 6) is 0. The van der Waals surface area contributed by atoms with Crippen LogP contribution in [0, 0.1) is 13.8 Å². The monoisotopic (exact) mass is 283 g/mol. The molecule has 0 amide bonds. The van der Waals surface area contributed by atoms with Crippen molar-refractivity contribution in [3.05, 3.63) is 33.8 Å². The van der Waals surface area contributed by atoms with Gasteiger partial charge in [0.1, 0.15) is 0 Å². The van der Waals surface area contributed by atoms with Gasteiger partial charge in [0.2, 0.25) is 0 Å². The minimum Gasteiger partial charge on any atom is -0.379 e. The molecule has 19 heavy (non-hydrogen) atoms. The van der Waals surface area contributed by atoms with Crippen LogP contribution in [0.25, 0.3) is 0 Å². The van der Waals surface area contributed by atoms with Gasteiger partial charge in [0, 0.05) is 24.7 Å². The maximum absolute atomic E-state index is 6.19. The van der Waals surface area contributed by atoms with Gasteiger partial charge < -0.3 is 4.74 Å². The van der Waals surface area contributed by atoms with Crippen molar-refractivity contribution in [2.75, 3.05) is 26.3 Å². The smallest absolute Gasteiger partial charge is 0.0594 e. The lowest BCUT2D eigenvalue weighted by Crippen LogP contribution is -2.35. The number of benzene rings is 1. The van der Waals surface area contributed by atoms with Crippen LogP contribution in [-0.2, 0) is 11.3 Å². The highest BCUT2D eigenvalue weighted by Gasteiger charge is 2.13. The Morgan fingerprint density at radius 2 is 1.74 bits per heavy atom. The standard InChI is InChI=1S/C13H18ClNO.C3H8/c1-10-7-12(11(2)13(14)8-10)9-15-3-5-16-6-4-15;1-3-2/h7-8H,3-6,9H2,1-2H3;3H2,1-2H3. The zero-order valence-corrected chi connectivity index (χ0v) is 13.4. The number of nitrogens with zero attached hydrogens (tertiary/aromatic N) is 1. The number of rotatable bonds is 2. The third kappa shape index (κ3) is 5.52. The first-order chi connectivity index (χ1) is 9.08. The summed E-state index contributed by atoms with van der Waals surface area (Å²) in [6, 6.07) is 4.26. The van der Waals surface area contributed by atoms with Crippen LogP contribution in [0.2, 0.25) is 5.02 Å². The molecular formula is C16H26ClNO. The van der Waals surface area contributed by atoms with Crippen LogP contribution in [0.15, 0.2) is 12.1 Å². The summed E-state index contributed by atoms with van der Waals surface area (Å²) in [6.07, 6.45) is 1.25. The fraction of sp³-hybridized carbons (Fsp3) is 0.625. The first kappa shape index (κ1) is 16.5. The van der Waals surface area contributed by atoms with E-state index in [2.05, 4.69) is 38.7 Å². The van der Waals surface area contributed by atoms with Crippen molar-refractivity contribution < 1.29 is 4.74 Å². The van der Waals surface area contributed by atoms with Crippen LogP contribution in [-0.4, -0.2) is 31.2 Å². The number of aryl methyl sites for hydroxylation is 1. The number of hydrogen-bond acceptors (Lipinski definition) is 2. The van der Waals surface area contributed by atoms with Gasteiger partial charge in [-0.15, -0.1) is 0 Å². The Morgan fingerprint density at radius 3 is 2.32 bits per heavy atom. The molecule has 2 rings (SSSR count). The van der Waals surface area contributed by atoms with Crippen molar-refractivity contribution >= 4 is 11.6 Å². The predicted octanol–water partition coefficient (Wildman–Crippen LogP) is 4.21. The van der Waals surface area contributed by atoms with Gasteiger partial charge in [-0.2, -0.15) is 0 Å². The number of morpholine rings is 1. The van der Waals surface area contributed by atoms with Crippen molar-refractivity contribution in [2.24, 2.45) is 0 Å². The maximum Gasteiger partial charge on any atom is 0.0594 e. The molecule has 1 saturated heterocycles. The Bertz CT molecular complexity index is 387. The molecule has 1 aromatic rings. The van der Waals surface area contributed by atoms with E-state index in [4.69, 9.17) is 16.3 Å². The number of hydrogen-bond donors (Lipinski definition) is 0. The van der Waals surface area contributed by atoms with E-state index in [-0.39, 0.29) is 0 Å². The third-order valence-corrected chi connectivity index (χ3v) is 3.49. The lowest BCUT2D eigenvalue weighted by molar-refractivity contribution is 0.0341. The highest BCUT2D eigenvalue weighted by atomic mass is 35.5. The molecule has 108 valence electrons. The number of halogens is 1. The highest BCUT2D eigenvalue weighted by molar-refractivity contribution is 6.31. The molecule has 0 spiro atoms. The second-order valence-corrected chi connectivity index (χ2v) is 5.53.